The van der Waals surface area contributed by atoms with Crippen LogP contribution in [0.2, 0.25) is 0 Å². The maximum absolute atomic E-state index is 8.32. The lowest BCUT2D eigenvalue weighted by Gasteiger charge is -2.11. The number of hydrogen-bond acceptors (Lipinski definition) is 3. The molecule has 0 saturated carbocycles. The molecule has 3 nitrogen and oxygen atoms in total. The number of hydrazone groups is 1. The van der Waals surface area contributed by atoms with Crippen LogP contribution in [0.5, 0.6) is 0 Å². The topological polar surface area (TPSA) is 39.4 Å². The number of hydrogen-bond donors (Lipinski definition) is 0. The van der Waals surface area contributed by atoms with Crippen LogP contribution in [-0.2, 0) is 0 Å². The van der Waals surface area contributed by atoms with E-state index in [4.69, 9.17) is 5.26 Å². The third-order valence-corrected chi connectivity index (χ3v) is 1.77. The first-order chi connectivity index (χ1) is 6.84. The van der Waals surface area contributed by atoms with E-state index in [1.165, 1.54) is 0 Å². The largest absolute Gasteiger partial charge is 0.269 e. The normalized spacial score (nSPS) is 10.0. The number of nitrogens with zero attached hydrogens (tertiary/aromatic N) is 3. The molecule has 0 heterocycles. The fourth-order valence-electron chi connectivity index (χ4n) is 1.02. The van der Waals surface area contributed by atoms with Crippen LogP contribution in [0.3, 0.4) is 0 Å². The summed E-state index contributed by atoms with van der Waals surface area (Å²) in [5.74, 6) is 0. The third-order valence-electron chi connectivity index (χ3n) is 1.77. The molecule has 0 N–H and O–H groups in total. The third kappa shape index (κ3) is 3.28. The fraction of sp³-hybridized carbons (Fsp3) is 0.273. The summed E-state index contributed by atoms with van der Waals surface area (Å²) in [5, 5.41) is 14.3. The molecule has 1 aromatic rings. The van der Waals surface area contributed by atoms with Crippen molar-refractivity contribution in [3.63, 3.8) is 0 Å². The van der Waals surface area contributed by atoms with Crippen LogP contribution in [0.4, 0.5) is 5.69 Å². The first-order valence-electron chi connectivity index (χ1n) is 4.53. The molecule has 0 saturated heterocycles. The maximum Gasteiger partial charge on any atom is 0.0625 e. The van der Waals surface area contributed by atoms with Crippen LogP contribution in [0.15, 0.2) is 35.4 Å². The second-order valence-electron chi connectivity index (χ2n) is 2.85. The molecule has 0 unspecified atom stereocenters. The van der Waals surface area contributed by atoms with Crippen LogP contribution < -0.4 is 5.01 Å². The Hall–Kier alpha value is -1.82. The van der Waals surface area contributed by atoms with Crippen molar-refractivity contribution in [1.29, 1.82) is 5.26 Å². The summed E-state index contributed by atoms with van der Waals surface area (Å²) in [6.07, 6.45) is 2.98. The fourth-order valence-corrected chi connectivity index (χ4v) is 1.02. The minimum absolute atomic E-state index is 0.520. The summed E-state index contributed by atoms with van der Waals surface area (Å²) < 4.78 is 0. The maximum atomic E-state index is 8.32. The lowest BCUT2D eigenvalue weighted by Crippen LogP contribution is -2.08. The lowest BCUT2D eigenvalue weighted by atomic mass is 10.3. The minimum atomic E-state index is 0.520. The molecule has 0 aromatic heterocycles. The predicted molar refractivity (Wildman–Crippen MR) is 58.2 cm³/mol. The highest BCUT2D eigenvalue weighted by Gasteiger charge is 1.93. The molecule has 0 aliphatic rings. The SMILES string of the molecule is CN(N=CCCC#N)c1ccccc1. The second-order valence-corrected chi connectivity index (χ2v) is 2.85. The molecular weight excluding hydrogens is 174 g/mol. The van der Waals surface area contributed by atoms with Crippen LogP contribution in [0, 0.1) is 11.3 Å². The van der Waals surface area contributed by atoms with E-state index >= 15 is 0 Å². The number of para-hydroxylation sites is 1. The zero-order chi connectivity index (χ0) is 10.2. The average Bonchev–Trinajstić information content (AvgIpc) is 2.25. The summed E-state index contributed by atoms with van der Waals surface area (Å²) in [6.45, 7) is 0. The van der Waals surface area contributed by atoms with Crippen molar-refractivity contribution in [1.82, 2.24) is 0 Å². The molecule has 0 aliphatic carbocycles. The van der Waals surface area contributed by atoms with Crippen molar-refractivity contribution in [3.8, 4) is 6.07 Å². The molecular formula is C11H13N3. The van der Waals surface area contributed by atoms with Gasteiger partial charge in [-0.05, 0) is 18.6 Å². The zero-order valence-corrected chi connectivity index (χ0v) is 8.22. The van der Waals surface area contributed by atoms with Crippen molar-refractivity contribution < 1.29 is 0 Å². The van der Waals surface area contributed by atoms with E-state index in [1.807, 2.05) is 37.4 Å². The van der Waals surface area contributed by atoms with Gasteiger partial charge in [-0.25, -0.2) is 0 Å². The highest BCUT2D eigenvalue weighted by Crippen LogP contribution is 2.10. The first-order valence-corrected chi connectivity index (χ1v) is 4.53. The van der Waals surface area contributed by atoms with Crippen LogP contribution in [0.25, 0.3) is 0 Å². The van der Waals surface area contributed by atoms with Crippen molar-refractivity contribution >= 4 is 11.9 Å². The van der Waals surface area contributed by atoms with E-state index in [2.05, 4.69) is 11.2 Å². The Morgan fingerprint density at radius 2 is 2.14 bits per heavy atom. The lowest BCUT2D eigenvalue weighted by molar-refractivity contribution is 1.00. The molecule has 72 valence electrons. The van der Waals surface area contributed by atoms with Gasteiger partial charge < -0.3 is 0 Å². The van der Waals surface area contributed by atoms with E-state index in [0.29, 0.717) is 12.8 Å². The average molecular weight is 187 g/mol. The van der Waals surface area contributed by atoms with Crippen molar-refractivity contribution in [2.75, 3.05) is 12.1 Å². The Morgan fingerprint density at radius 3 is 2.79 bits per heavy atom. The van der Waals surface area contributed by atoms with E-state index in [0.717, 1.165) is 5.69 Å². The Kier molecular flexibility index (Phi) is 4.22. The van der Waals surface area contributed by atoms with Crippen LogP contribution in [-0.4, -0.2) is 13.3 Å². The zero-order valence-electron chi connectivity index (χ0n) is 8.22. The number of unbranched alkanes of at least 4 members (excludes halogenated alkanes) is 1. The Morgan fingerprint density at radius 1 is 1.43 bits per heavy atom. The molecule has 0 radical (unpaired) electrons. The smallest absolute Gasteiger partial charge is 0.0625 e. The van der Waals surface area contributed by atoms with Crippen molar-refractivity contribution in [3.05, 3.63) is 30.3 Å². The van der Waals surface area contributed by atoms with Gasteiger partial charge in [0.2, 0.25) is 0 Å². The van der Waals surface area contributed by atoms with E-state index in [-0.39, 0.29) is 0 Å². The Bertz CT molecular complexity index is 324. The molecule has 0 spiro atoms. The summed E-state index contributed by atoms with van der Waals surface area (Å²) in [5.41, 5.74) is 1.04. The summed E-state index contributed by atoms with van der Waals surface area (Å²) >= 11 is 0. The quantitative estimate of drug-likeness (QED) is 0.412. The van der Waals surface area contributed by atoms with Gasteiger partial charge in [0.15, 0.2) is 0 Å². The standard InChI is InChI=1S/C11H13N3/c1-14(13-10-6-5-9-12)11-7-3-2-4-8-11/h2-4,7-8,10H,5-6H2,1H3. The molecule has 0 amide bonds. The van der Waals surface area contributed by atoms with E-state index in [9.17, 15) is 0 Å². The monoisotopic (exact) mass is 187 g/mol. The number of anilines is 1. The van der Waals surface area contributed by atoms with Crippen molar-refractivity contribution in [2.45, 2.75) is 12.8 Å². The van der Waals surface area contributed by atoms with E-state index in [1.54, 1.807) is 11.2 Å². The predicted octanol–water partition coefficient (Wildman–Crippen LogP) is 2.41. The van der Waals surface area contributed by atoms with Gasteiger partial charge in [-0.3, -0.25) is 5.01 Å². The summed E-state index contributed by atoms with van der Waals surface area (Å²) in [4.78, 5) is 0. The Labute approximate surface area is 84.3 Å². The van der Waals surface area contributed by atoms with Gasteiger partial charge >= 0.3 is 0 Å². The first kappa shape index (κ1) is 10.3. The van der Waals surface area contributed by atoms with Gasteiger partial charge in [-0.2, -0.15) is 10.4 Å². The van der Waals surface area contributed by atoms with Crippen molar-refractivity contribution in [2.24, 2.45) is 5.10 Å². The molecule has 0 atom stereocenters. The molecule has 1 aromatic carbocycles. The summed E-state index contributed by atoms with van der Waals surface area (Å²) in [6, 6.07) is 12.0. The molecule has 1 rings (SSSR count). The van der Waals surface area contributed by atoms with E-state index < -0.39 is 0 Å². The van der Waals surface area contributed by atoms with Gasteiger partial charge in [0.25, 0.3) is 0 Å². The van der Waals surface area contributed by atoms with Gasteiger partial charge in [-0.15, -0.1) is 0 Å². The molecule has 0 aliphatic heterocycles. The second kappa shape index (κ2) is 5.76. The van der Waals surface area contributed by atoms with Gasteiger partial charge in [0.05, 0.1) is 11.8 Å². The van der Waals surface area contributed by atoms with Crippen LogP contribution >= 0.6 is 0 Å². The molecule has 0 bridgehead atoms. The molecule has 14 heavy (non-hydrogen) atoms. The highest BCUT2D eigenvalue weighted by atomic mass is 15.4. The molecule has 0 fully saturated rings. The number of benzene rings is 1. The Balaban J connectivity index is 2.47. The van der Waals surface area contributed by atoms with Gasteiger partial charge in [0, 0.05) is 19.7 Å². The van der Waals surface area contributed by atoms with Crippen LogP contribution in [0.1, 0.15) is 12.8 Å². The highest BCUT2D eigenvalue weighted by molar-refractivity contribution is 5.60. The molecule has 3 heteroatoms. The minimum Gasteiger partial charge on any atom is -0.269 e. The number of nitriles is 1. The summed E-state index contributed by atoms with van der Waals surface area (Å²) in [7, 11) is 1.89. The number of rotatable bonds is 4. The van der Waals surface area contributed by atoms with Gasteiger partial charge in [0.1, 0.15) is 0 Å². The van der Waals surface area contributed by atoms with Gasteiger partial charge in [-0.1, -0.05) is 18.2 Å².